The minimum atomic E-state index is -0.594. The molecule has 0 unspecified atom stereocenters. The lowest BCUT2D eigenvalue weighted by molar-refractivity contribution is 0.0701. The largest absolute Gasteiger partial charge is 0.294 e. The van der Waals surface area contributed by atoms with E-state index in [4.69, 9.17) is 5.21 Å². The molecule has 0 radical (unpaired) electrons. The molecule has 3 aromatic rings. The lowest BCUT2D eigenvalue weighted by atomic mass is 10.1. The molecule has 0 bridgehead atoms. The standard InChI is InChI=1S/C14H10N2O2S/c17-13(16-18)12-8-19-14(15-12)11-6-5-9-3-1-2-4-10(9)7-11/h1-8,18H,(H,16,17). The van der Waals surface area contributed by atoms with Gasteiger partial charge in [-0.1, -0.05) is 36.4 Å². The molecule has 0 saturated heterocycles. The molecule has 2 N–H and O–H groups in total. The van der Waals surface area contributed by atoms with E-state index < -0.39 is 5.91 Å². The van der Waals surface area contributed by atoms with Crippen LogP contribution in [0.1, 0.15) is 10.5 Å². The number of nitrogens with zero attached hydrogens (tertiary/aromatic N) is 1. The van der Waals surface area contributed by atoms with Crippen molar-refractivity contribution in [3.8, 4) is 10.6 Å². The van der Waals surface area contributed by atoms with E-state index in [1.54, 1.807) is 10.9 Å². The van der Waals surface area contributed by atoms with Crippen molar-refractivity contribution in [2.45, 2.75) is 0 Å². The van der Waals surface area contributed by atoms with Gasteiger partial charge in [-0.15, -0.1) is 11.3 Å². The maximum absolute atomic E-state index is 11.3. The summed E-state index contributed by atoms with van der Waals surface area (Å²) in [6, 6.07) is 14.1. The van der Waals surface area contributed by atoms with Crippen LogP contribution >= 0.6 is 11.3 Å². The SMILES string of the molecule is O=C(NO)c1csc(-c2ccc3ccccc3c2)n1. The smallest absolute Gasteiger partial charge is 0.288 e. The second kappa shape index (κ2) is 4.79. The number of fused-ring (bicyclic) bond motifs is 1. The molecule has 3 rings (SSSR count). The van der Waals surface area contributed by atoms with Gasteiger partial charge < -0.3 is 0 Å². The predicted molar refractivity (Wildman–Crippen MR) is 74.3 cm³/mol. The minimum absolute atomic E-state index is 0.218. The van der Waals surface area contributed by atoms with Gasteiger partial charge in [0.05, 0.1) is 0 Å². The predicted octanol–water partition coefficient (Wildman–Crippen LogP) is 3.08. The fraction of sp³-hybridized carbons (Fsp3) is 0. The summed E-state index contributed by atoms with van der Waals surface area (Å²) in [7, 11) is 0. The van der Waals surface area contributed by atoms with Gasteiger partial charge in [0.2, 0.25) is 0 Å². The zero-order valence-corrected chi connectivity index (χ0v) is 10.6. The van der Waals surface area contributed by atoms with E-state index in [2.05, 4.69) is 4.98 Å². The third kappa shape index (κ3) is 2.21. The van der Waals surface area contributed by atoms with Crippen molar-refractivity contribution in [3.63, 3.8) is 0 Å². The first-order valence-corrected chi connectivity index (χ1v) is 6.55. The van der Waals surface area contributed by atoms with E-state index in [9.17, 15) is 4.79 Å². The molecule has 2 aromatic carbocycles. The minimum Gasteiger partial charge on any atom is -0.288 e. The van der Waals surface area contributed by atoms with Gasteiger partial charge in [-0.05, 0) is 16.8 Å². The van der Waals surface area contributed by atoms with Crippen molar-refractivity contribution in [3.05, 3.63) is 53.5 Å². The summed E-state index contributed by atoms with van der Waals surface area (Å²) < 4.78 is 0. The Morgan fingerprint density at radius 3 is 2.74 bits per heavy atom. The summed E-state index contributed by atoms with van der Waals surface area (Å²) in [5, 5.41) is 13.2. The molecule has 1 amide bonds. The van der Waals surface area contributed by atoms with Crippen molar-refractivity contribution in [2.24, 2.45) is 0 Å². The molecule has 0 aliphatic heterocycles. The van der Waals surface area contributed by atoms with Crippen LogP contribution in [0.5, 0.6) is 0 Å². The highest BCUT2D eigenvalue weighted by Crippen LogP contribution is 2.27. The Balaban J connectivity index is 2.04. The van der Waals surface area contributed by atoms with Crippen molar-refractivity contribution in [2.75, 3.05) is 0 Å². The Labute approximate surface area is 113 Å². The molecule has 0 aliphatic rings. The summed E-state index contributed by atoms with van der Waals surface area (Å²) in [4.78, 5) is 15.5. The van der Waals surface area contributed by atoms with Crippen molar-refractivity contribution >= 4 is 28.0 Å². The number of hydrogen-bond donors (Lipinski definition) is 2. The van der Waals surface area contributed by atoms with Crippen LogP contribution in [0, 0.1) is 0 Å². The molecular formula is C14H10N2O2S. The van der Waals surface area contributed by atoms with Gasteiger partial charge in [0, 0.05) is 10.9 Å². The maximum atomic E-state index is 11.3. The number of hydrogen-bond acceptors (Lipinski definition) is 4. The number of carbonyl (C=O) groups excluding carboxylic acids is 1. The molecule has 0 atom stereocenters. The Hall–Kier alpha value is -2.24. The molecule has 0 fully saturated rings. The Morgan fingerprint density at radius 2 is 1.95 bits per heavy atom. The van der Waals surface area contributed by atoms with Crippen LogP contribution in [-0.4, -0.2) is 16.1 Å². The van der Waals surface area contributed by atoms with Crippen LogP contribution in [-0.2, 0) is 0 Å². The Morgan fingerprint density at radius 1 is 1.16 bits per heavy atom. The van der Waals surface area contributed by atoms with Crippen molar-refractivity contribution in [1.29, 1.82) is 0 Å². The van der Waals surface area contributed by atoms with Gasteiger partial charge in [0.1, 0.15) is 10.7 Å². The molecule has 4 nitrogen and oxygen atoms in total. The van der Waals surface area contributed by atoms with Crippen LogP contribution in [0.3, 0.4) is 0 Å². The molecule has 19 heavy (non-hydrogen) atoms. The Bertz CT molecular complexity index is 752. The molecule has 0 spiro atoms. The maximum Gasteiger partial charge on any atom is 0.294 e. The normalized spacial score (nSPS) is 10.6. The van der Waals surface area contributed by atoms with Crippen molar-refractivity contribution < 1.29 is 10.0 Å². The van der Waals surface area contributed by atoms with Gasteiger partial charge in [-0.25, -0.2) is 10.5 Å². The fourth-order valence-electron chi connectivity index (χ4n) is 1.89. The van der Waals surface area contributed by atoms with E-state index in [1.165, 1.54) is 11.3 Å². The fourth-order valence-corrected chi connectivity index (χ4v) is 2.69. The van der Waals surface area contributed by atoms with E-state index >= 15 is 0 Å². The lowest BCUT2D eigenvalue weighted by Gasteiger charge is -2.00. The first kappa shape index (κ1) is 11.8. The zero-order valence-electron chi connectivity index (χ0n) is 9.83. The molecule has 0 aliphatic carbocycles. The van der Waals surface area contributed by atoms with E-state index in [1.807, 2.05) is 42.5 Å². The number of carbonyl (C=O) groups is 1. The molecule has 0 saturated carbocycles. The van der Waals surface area contributed by atoms with E-state index in [0.29, 0.717) is 0 Å². The molecular weight excluding hydrogens is 260 g/mol. The molecule has 94 valence electrons. The summed E-state index contributed by atoms with van der Waals surface area (Å²) >= 11 is 1.37. The summed E-state index contributed by atoms with van der Waals surface area (Å²) in [5.41, 5.74) is 2.76. The average molecular weight is 270 g/mol. The monoisotopic (exact) mass is 270 g/mol. The number of benzene rings is 2. The zero-order chi connectivity index (χ0) is 13.2. The van der Waals surface area contributed by atoms with Crippen LogP contribution < -0.4 is 5.48 Å². The second-order valence-corrected chi connectivity index (χ2v) is 4.90. The summed E-state index contributed by atoms with van der Waals surface area (Å²) in [6.07, 6.45) is 0. The van der Waals surface area contributed by atoms with Crippen LogP contribution in [0.2, 0.25) is 0 Å². The number of rotatable bonds is 2. The average Bonchev–Trinajstić information content (AvgIpc) is 2.95. The van der Waals surface area contributed by atoms with Gasteiger partial charge >= 0.3 is 0 Å². The van der Waals surface area contributed by atoms with Gasteiger partial charge in [-0.2, -0.15) is 0 Å². The van der Waals surface area contributed by atoms with Gasteiger partial charge in [-0.3, -0.25) is 10.0 Å². The Kier molecular flexibility index (Phi) is 2.98. The quantitative estimate of drug-likeness (QED) is 0.555. The molecule has 5 heteroatoms. The number of aromatic nitrogens is 1. The third-order valence-corrected chi connectivity index (χ3v) is 3.73. The number of thiazole rings is 1. The topological polar surface area (TPSA) is 62.2 Å². The second-order valence-electron chi connectivity index (χ2n) is 4.04. The van der Waals surface area contributed by atoms with Gasteiger partial charge in [0.15, 0.2) is 0 Å². The highest BCUT2D eigenvalue weighted by Gasteiger charge is 2.11. The van der Waals surface area contributed by atoms with Gasteiger partial charge in [0.25, 0.3) is 5.91 Å². The van der Waals surface area contributed by atoms with Crippen LogP contribution in [0.15, 0.2) is 47.8 Å². The molecule has 1 aromatic heterocycles. The number of amides is 1. The highest BCUT2D eigenvalue weighted by atomic mass is 32.1. The first-order valence-electron chi connectivity index (χ1n) is 5.67. The number of hydroxylamine groups is 1. The third-order valence-electron chi connectivity index (χ3n) is 2.83. The van der Waals surface area contributed by atoms with Crippen molar-refractivity contribution in [1.82, 2.24) is 10.5 Å². The first-order chi connectivity index (χ1) is 9.28. The van der Waals surface area contributed by atoms with Crippen LogP contribution in [0.25, 0.3) is 21.3 Å². The highest BCUT2D eigenvalue weighted by molar-refractivity contribution is 7.13. The van der Waals surface area contributed by atoms with E-state index in [0.717, 1.165) is 21.3 Å². The molecule has 1 heterocycles. The lowest BCUT2D eigenvalue weighted by Crippen LogP contribution is -2.18. The van der Waals surface area contributed by atoms with E-state index in [-0.39, 0.29) is 5.69 Å². The van der Waals surface area contributed by atoms with Crippen LogP contribution in [0.4, 0.5) is 0 Å². The summed E-state index contributed by atoms with van der Waals surface area (Å²) in [5.74, 6) is -0.594. The number of nitrogens with one attached hydrogen (secondary N) is 1. The summed E-state index contributed by atoms with van der Waals surface area (Å²) in [6.45, 7) is 0.